The first-order chi connectivity index (χ1) is 9.61. The van der Waals surface area contributed by atoms with Crippen LogP contribution in [0, 0.1) is 5.92 Å². The van der Waals surface area contributed by atoms with E-state index in [0.717, 1.165) is 22.6 Å². The molecule has 0 aliphatic heterocycles. The minimum atomic E-state index is 0.132. The number of rotatable bonds is 4. The maximum atomic E-state index is 8.71. The molecule has 2 rings (SSSR count). The van der Waals surface area contributed by atoms with Crippen LogP contribution in [0.1, 0.15) is 37.7 Å². The molecule has 0 spiro atoms. The lowest BCUT2D eigenvalue weighted by molar-refractivity contribution is 0.318. The minimum absolute atomic E-state index is 0.132. The number of hydrogen-bond donors (Lipinski definition) is 2. The fourth-order valence-electron chi connectivity index (χ4n) is 2.89. The van der Waals surface area contributed by atoms with Crippen LogP contribution < -0.4 is 10.6 Å². The summed E-state index contributed by atoms with van der Waals surface area (Å²) in [6, 6.07) is 5.79. The largest absolute Gasteiger partial charge is 0.409 e. The number of nitrogens with two attached hydrogens (primary N) is 1. The van der Waals surface area contributed by atoms with E-state index in [1.54, 1.807) is 0 Å². The van der Waals surface area contributed by atoms with E-state index in [1.165, 1.54) is 32.1 Å². The van der Waals surface area contributed by atoms with E-state index in [2.05, 4.69) is 33.0 Å². The molecule has 0 aromatic heterocycles. The van der Waals surface area contributed by atoms with Crippen molar-refractivity contribution < 1.29 is 5.21 Å². The zero-order valence-corrected chi connectivity index (χ0v) is 13.4. The summed E-state index contributed by atoms with van der Waals surface area (Å²) in [7, 11) is 2.12. The molecule has 1 aliphatic rings. The summed E-state index contributed by atoms with van der Waals surface area (Å²) in [5.74, 6) is 0.927. The molecule has 20 heavy (non-hydrogen) atoms. The highest BCUT2D eigenvalue weighted by atomic mass is 79.9. The Balaban J connectivity index is 2.07. The number of amidine groups is 1. The van der Waals surface area contributed by atoms with Gasteiger partial charge in [0.25, 0.3) is 0 Å². The maximum absolute atomic E-state index is 8.71. The minimum Gasteiger partial charge on any atom is -0.409 e. The lowest BCUT2D eigenvalue weighted by Crippen LogP contribution is -2.27. The summed E-state index contributed by atoms with van der Waals surface area (Å²) in [5, 5.41) is 11.7. The summed E-state index contributed by atoms with van der Waals surface area (Å²) < 4.78 is 0.972. The molecule has 1 aromatic rings. The molecule has 110 valence electrons. The Hall–Kier alpha value is -1.23. The predicted octanol–water partition coefficient (Wildman–Crippen LogP) is 3.56. The van der Waals surface area contributed by atoms with Crippen LogP contribution in [0.3, 0.4) is 0 Å². The number of benzene rings is 1. The second-order valence-corrected chi connectivity index (χ2v) is 6.39. The first-order valence-electron chi connectivity index (χ1n) is 7.10. The Morgan fingerprint density at radius 2 is 2.10 bits per heavy atom. The van der Waals surface area contributed by atoms with Crippen LogP contribution in [0.15, 0.2) is 27.8 Å². The van der Waals surface area contributed by atoms with Gasteiger partial charge < -0.3 is 15.8 Å². The highest BCUT2D eigenvalue weighted by molar-refractivity contribution is 9.10. The molecular formula is C15H22BrN3O. The average molecular weight is 340 g/mol. The molecule has 0 atom stereocenters. The molecule has 0 amide bonds. The quantitative estimate of drug-likeness (QED) is 0.381. The number of hydrogen-bond acceptors (Lipinski definition) is 3. The Bertz CT molecular complexity index is 484. The van der Waals surface area contributed by atoms with Gasteiger partial charge in [-0.15, -0.1) is 0 Å². The molecule has 1 aliphatic carbocycles. The molecule has 3 N–H and O–H groups in total. The Labute approximate surface area is 128 Å². The number of nitrogens with zero attached hydrogens (tertiary/aromatic N) is 2. The number of anilines is 1. The van der Waals surface area contributed by atoms with E-state index >= 15 is 0 Å². The van der Waals surface area contributed by atoms with Crippen molar-refractivity contribution in [2.75, 3.05) is 18.5 Å². The summed E-state index contributed by atoms with van der Waals surface area (Å²) in [6.45, 7) is 1.08. The van der Waals surface area contributed by atoms with Crippen LogP contribution in [0.2, 0.25) is 0 Å². The topological polar surface area (TPSA) is 61.8 Å². The molecule has 0 radical (unpaired) electrons. The molecule has 1 aromatic carbocycles. The van der Waals surface area contributed by atoms with Gasteiger partial charge in [0, 0.05) is 23.6 Å². The first-order valence-corrected chi connectivity index (χ1v) is 7.89. The molecule has 1 fully saturated rings. The number of oxime groups is 1. The van der Waals surface area contributed by atoms with E-state index in [4.69, 9.17) is 10.9 Å². The van der Waals surface area contributed by atoms with Crippen molar-refractivity contribution in [1.29, 1.82) is 0 Å². The summed E-state index contributed by atoms with van der Waals surface area (Å²) in [5.41, 5.74) is 7.46. The van der Waals surface area contributed by atoms with E-state index in [9.17, 15) is 0 Å². The van der Waals surface area contributed by atoms with E-state index in [0.29, 0.717) is 5.56 Å². The van der Waals surface area contributed by atoms with Gasteiger partial charge in [-0.05, 0) is 52.9 Å². The van der Waals surface area contributed by atoms with Crippen LogP contribution >= 0.6 is 15.9 Å². The van der Waals surface area contributed by atoms with Gasteiger partial charge in [-0.2, -0.15) is 0 Å². The SMILES string of the molecule is CN(CC1CCCCC1)c1ccc(/C(N)=N/O)cc1Br. The molecule has 4 nitrogen and oxygen atoms in total. The van der Waals surface area contributed by atoms with Gasteiger partial charge >= 0.3 is 0 Å². The van der Waals surface area contributed by atoms with Crippen LogP contribution in [0.25, 0.3) is 0 Å². The monoisotopic (exact) mass is 339 g/mol. The van der Waals surface area contributed by atoms with Gasteiger partial charge in [-0.25, -0.2) is 0 Å². The molecule has 5 heteroatoms. The van der Waals surface area contributed by atoms with Gasteiger partial charge in [0.2, 0.25) is 0 Å². The van der Waals surface area contributed by atoms with Crippen LogP contribution in [-0.4, -0.2) is 24.6 Å². The third-order valence-corrected chi connectivity index (χ3v) is 4.65. The Kier molecular flexibility index (Phi) is 5.29. The first kappa shape index (κ1) is 15.2. The van der Waals surface area contributed by atoms with Gasteiger partial charge in [0.15, 0.2) is 5.84 Å². The second-order valence-electron chi connectivity index (χ2n) is 5.54. The van der Waals surface area contributed by atoms with Gasteiger partial charge in [0.05, 0.1) is 5.69 Å². The lowest BCUT2D eigenvalue weighted by atomic mass is 9.89. The van der Waals surface area contributed by atoms with Crippen molar-refractivity contribution in [3.63, 3.8) is 0 Å². The molecule has 0 bridgehead atoms. The summed E-state index contributed by atoms with van der Waals surface area (Å²) >= 11 is 3.58. The van der Waals surface area contributed by atoms with Gasteiger partial charge in [-0.3, -0.25) is 0 Å². The van der Waals surface area contributed by atoms with E-state index in [1.807, 2.05) is 18.2 Å². The molecule has 1 saturated carbocycles. The van der Waals surface area contributed by atoms with E-state index < -0.39 is 0 Å². The Morgan fingerprint density at radius 3 is 2.70 bits per heavy atom. The molecule has 0 unspecified atom stereocenters. The smallest absolute Gasteiger partial charge is 0.170 e. The molecule has 0 saturated heterocycles. The van der Waals surface area contributed by atoms with Crippen molar-refractivity contribution in [2.45, 2.75) is 32.1 Å². The third-order valence-electron chi connectivity index (χ3n) is 4.02. The van der Waals surface area contributed by atoms with Crippen molar-refractivity contribution in [2.24, 2.45) is 16.8 Å². The van der Waals surface area contributed by atoms with Crippen molar-refractivity contribution >= 4 is 27.5 Å². The summed E-state index contributed by atoms with van der Waals surface area (Å²) in [4.78, 5) is 2.29. The highest BCUT2D eigenvalue weighted by Crippen LogP contribution is 2.30. The normalized spacial score (nSPS) is 17.2. The zero-order chi connectivity index (χ0) is 14.5. The van der Waals surface area contributed by atoms with Crippen molar-refractivity contribution in [1.82, 2.24) is 0 Å². The van der Waals surface area contributed by atoms with Crippen molar-refractivity contribution in [3.05, 3.63) is 28.2 Å². The molecule has 0 heterocycles. The van der Waals surface area contributed by atoms with Crippen LogP contribution in [-0.2, 0) is 0 Å². The predicted molar refractivity (Wildman–Crippen MR) is 86.5 cm³/mol. The standard InChI is InChI=1S/C15H22BrN3O/c1-19(10-11-5-3-2-4-6-11)14-8-7-12(9-13(14)16)15(17)18-20/h7-9,11,20H,2-6,10H2,1H3,(H2,17,18). The zero-order valence-electron chi connectivity index (χ0n) is 11.8. The Morgan fingerprint density at radius 1 is 1.40 bits per heavy atom. The average Bonchev–Trinajstić information content (AvgIpc) is 2.47. The molecular weight excluding hydrogens is 318 g/mol. The van der Waals surface area contributed by atoms with Gasteiger partial charge in [0.1, 0.15) is 0 Å². The fourth-order valence-corrected chi connectivity index (χ4v) is 3.57. The highest BCUT2D eigenvalue weighted by Gasteiger charge is 2.17. The van der Waals surface area contributed by atoms with Crippen molar-refractivity contribution in [3.8, 4) is 0 Å². The van der Waals surface area contributed by atoms with Gasteiger partial charge in [-0.1, -0.05) is 24.4 Å². The van der Waals surface area contributed by atoms with E-state index in [-0.39, 0.29) is 5.84 Å². The van der Waals surface area contributed by atoms with Crippen LogP contribution in [0.4, 0.5) is 5.69 Å². The van der Waals surface area contributed by atoms with Crippen LogP contribution in [0.5, 0.6) is 0 Å². The summed E-state index contributed by atoms with van der Waals surface area (Å²) in [6.07, 6.45) is 6.79. The fraction of sp³-hybridized carbons (Fsp3) is 0.533. The maximum Gasteiger partial charge on any atom is 0.170 e. The second kappa shape index (κ2) is 6.97. The lowest BCUT2D eigenvalue weighted by Gasteiger charge is -2.29. The third kappa shape index (κ3) is 3.66. The number of halogens is 1.